The molecule has 2 rings (SSSR count). The van der Waals surface area contributed by atoms with Gasteiger partial charge in [0.25, 0.3) is 0 Å². The molecule has 1 saturated heterocycles. The van der Waals surface area contributed by atoms with E-state index in [-0.39, 0.29) is 0 Å². The number of anilines is 2. The number of hydrogen-bond acceptors (Lipinski definition) is 4. The summed E-state index contributed by atoms with van der Waals surface area (Å²) in [5, 5.41) is 3.38. The van der Waals surface area contributed by atoms with Crippen molar-refractivity contribution in [1.82, 2.24) is 0 Å². The Kier molecular flexibility index (Phi) is 3.83. The van der Waals surface area contributed by atoms with Gasteiger partial charge in [-0.3, -0.25) is 4.72 Å². The van der Waals surface area contributed by atoms with Crippen LogP contribution >= 0.6 is 11.8 Å². The molecule has 1 heterocycles. The van der Waals surface area contributed by atoms with Crippen molar-refractivity contribution in [3.63, 3.8) is 0 Å². The van der Waals surface area contributed by atoms with Crippen LogP contribution < -0.4 is 10.0 Å². The molecule has 2 N–H and O–H groups in total. The molecule has 17 heavy (non-hydrogen) atoms. The third-order valence-electron chi connectivity index (χ3n) is 2.51. The molecule has 1 atom stereocenters. The van der Waals surface area contributed by atoms with Gasteiger partial charge in [-0.05, 0) is 24.3 Å². The molecule has 1 aromatic carbocycles. The van der Waals surface area contributed by atoms with Crippen molar-refractivity contribution in [2.24, 2.45) is 0 Å². The lowest BCUT2D eigenvalue weighted by Crippen LogP contribution is -2.20. The zero-order valence-electron chi connectivity index (χ0n) is 9.64. The number of thioether (sulfide) groups is 1. The second-order valence-electron chi connectivity index (χ2n) is 4.12. The Labute approximate surface area is 106 Å². The van der Waals surface area contributed by atoms with Gasteiger partial charge >= 0.3 is 0 Å². The van der Waals surface area contributed by atoms with Crippen LogP contribution in [0.1, 0.15) is 6.42 Å². The van der Waals surface area contributed by atoms with E-state index in [1.165, 1.54) is 5.75 Å². The van der Waals surface area contributed by atoms with E-state index in [1.807, 2.05) is 30.0 Å². The Morgan fingerprint density at radius 1 is 1.29 bits per heavy atom. The lowest BCUT2D eigenvalue weighted by molar-refractivity contribution is 0.607. The molecule has 1 aliphatic rings. The maximum atomic E-state index is 11.2. The highest BCUT2D eigenvalue weighted by atomic mass is 32.2. The molecule has 1 unspecified atom stereocenters. The van der Waals surface area contributed by atoms with Crippen LogP contribution in [0.4, 0.5) is 11.4 Å². The van der Waals surface area contributed by atoms with Gasteiger partial charge in [0.1, 0.15) is 0 Å². The summed E-state index contributed by atoms with van der Waals surface area (Å²) in [4.78, 5) is 0. The second kappa shape index (κ2) is 5.18. The third-order valence-corrected chi connectivity index (χ3v) is 4.26. The van der Waals surface area contributed by atoms with Crippen molar-refractivity contribution >= 4 is 33.2 Å². The van der Waals surface area contributed by atoms with E-state index in [0.717, 1.165) is 24.1 Å². The number of rotatable bonds is 4. The Balaban J connectivity index is 2.15. The van der Waals surface area contributed by atoms with E-state index in [0.29, 0.717) is 11.7 Å². The van der Waals surface area contributed by atoms with Crippen LogP contribution in [-0.4, -0.2) is 32.2 Å². The third kappa shape index (κ3) is 3.81. The van der Waals surface area contributed by atoms with Crippen LogP contribution in [-0.2, 0) is 10.0 Å². The van der Waals surface area contributed by atoms with E-state index in [9.17, 15) is 8.42 Å². The van der Waals surface area contributed by atoms with Crippen molar-refractivity contribution in [2.75, 3.05) is 27.8 Å². The zero-order valence-corrected chi connectivity index (χ0v) is 11.3. The van der Waals surface area contributed by atoms with Gasteiger partial charge in [-0.15, -0.1) is 0 Å². The lowest BCUT2D eigenvalue weighted by atomic mass is 10.2. The van der Waals surface area contributed by atoms with Gasteiger partial charge in [0.15, 0.2) is 0 Å². The topological polar surface area (TPSA) is 58.2 Å². The minimum Gasteiger partial charge on any atom is -0.380 e. The zero-order chi connectivity index (χ0) is 12.3. The maximum Gasteiger partial charge on any atom is 0.229 e. The smallest absolute Gasteiger partial charge is 0.229 e. The quantitative estimate of drug-likeness (QED) is 0.880. The number of benzene rings is 1. The number of para-hydroxylation sites is 2. The summed E-state index contributed by atoms with van der Waals surface area (Å²) in [6, 6.07) is 7.82. The Hall–Kier alpha value is -0.880. The van der Waals surface area contributed by atoms with Gasteiger partial charge in [0.05, 0.1) is 17.6 Å². The number of nitrogens with one attached hydrogen (secondary N) is 2. The van der Waals surface area contributed by atoms with Crippen molar-refractivity contribution in [3.05, 3.63) is 24.3 Å². The van der Waals surface area contributed by atoms with Crippen LogP contribution in [0.2, 0.25) is 0 Å². The normalized spacial score (nSPS) is 20.2. The van der Waals surface area contributed by atoms with E-state index in [2.05, 4.69) is 10.0 Å². The molecule has 1 aliphatic heterocycles. The molecule has 0 amide bonds. The van der Waals surface area contributed by atoms with Gasteiger partial charge in [-0.2, -0.15) is 11.8 Å². The fourth-order valence-corrected chi connectivity index (χ4v) is 3.50. The van der Waals surface area contributed by atoms with Crippen LogP contribution in [0, 0.1) is 0 Å². The first kappa shape index (κ1) is 12.6. The summed E-state index contributed by atoms with van der Waals surface area (Å²) in [6.07, 6.45) is 2.28. The fraction of sp³-hybridized carbons (Fsp3) is 0.455. The Bertz CT molecular complexity index is 482. The molecule has 6 heteroatoms. The molecule has 0 bridgehead atoms. The summed E-state index contributed by atoms with van der Waals surface area (Å²) < 4.78 is 25.0. The molecule has 4 nitrogen and oxygen atoms in total. The minimum atomic E-state index is -3.23. The summed E-state index contributed by atoms with van der Waals surface area (Å²) in [5.41, 5.74) is 1.47. The molecule has 1 aromatic rings. The van der Waals surface area contributed by atoms with E-state index < -0.39 is 10.0 Å². The van der Waals surface area contributed by atoms with E-state index >= 15 is 0 Å². The van der Waals surface area contributed by atoms with Crippen LogP contribution in [0.15, 0.2) is 24.3 Å². The predicted molar refractivity (Wildman–Crippen MR) is 74.3 cm³/mol. The molecular weight excluding hydrogens is 256 g/mol. The molecule has 0 aliphatic carbocycles. The minimum absolute atomic E-state index is 0.433. The van der Waals surface area contributed by atoms with Gasteiger partial charge in [-0.25, -0.2) is 8.42 Å². The highest BCUT2D eigenvalue weighted by Crippen LogP contribution is 2.26. The first-order valence-corrected chi connectivity index (χ1v) is 8.50. The average Bonchev–Trinajstić information content (AvgIpc) is 2.71. The first-order valence-electron chi connectivity index (χ1n) is 5.46. The lowest BCUT2D eigenvalue weighted by Gasteiger charge is -2.16. The summed E-state index contributed by atoms with van der Waals surface area (Å²) in [6.45, 7) is 0. The molecule has 0 spiro atoms. The second-order valence-corrected chi connectivity index (χ2v) is 7.02. The molecular formula is C11H16N2O2S2. The summed E-state index contributed by atoms with van der Waals surface area (Å²) in [5.74, 6) is 2.24. The van der Waals surface area contributed by atoms with Gasteiger partial charge in [-0.1, -0.05) is 12.1 Å². The fourth-order valence-electron chi connectivity index (χ4n) is 1.77. The first-order chi connectivity index (χ1) is 8.04. The average molecular weight is 272 g/mol. The molecule has 0 saturated carbocycles. The molecule has 1 fully saturated rings. The molecule has 0 aromatic heterocycles. The largest absolute Gasteiger partial charge is 0.380 e. The van der Waals surface area contributed by atoms with E-state index in [4.69, 9.17) is 0 Å². The van der Waals surface area contributed by atoms with Gasteiger partial charge < -0.3 is 5.32 Å². The van der Waals surface area contributed by atoms with Crippen molar-refractivity contribution in [2.45, 2.75) is 12.5 Å². The van der Waals surface area contributed by atoms with Gasteiger partial charge in [0, 0.05) is 11.8 Å². The monoisotopic (exact) mass is 272 g/mol. The van der Waals surface area contributed by atoms with E-state index in [1.54, 1.807) is 6.07 Å². The molecule has 94 valence electrons. The SMILES string of the molecule is CS(=O)(=O)Nc1ccccc1NC1CCSC1. The highest BCUT2D eigenvalue weighted by molar-refractivity contribution is 7.99. The molecule has 0 radical (unpaired) electrons. The van der Waals surface area contributed by atoms with Crippen molar-refractivity contribution in [1.29, 1.82) is 0 Å². The van der Waals surface area contributed by atoms with Crippen molar-refractivity contribution < 1.29 is 8.42 Å². The number of hydrogen-bond donors (Lipinski definition) is 2. The standard InChI is InChI=1S/C11H16N2O2S2/c1-17(14,15)13-11-5-3-2-4-10(11)12-9-6-7-16-8-9/h2-5,9,12-13H,6-8H2,1H3. The summed E-state index contributed by atoms with van der Waals surface area (Å²) >= 11 is 1.92. The highest BCUT2D eigenvalue weighted by Gasteiger charge is 2.16. The van der Waals surface area contributed by atoms with Crippen molar-refractivity contribution in [3.8, 4) is 0 Å². The van der Waals surface area contributed by atoms with Crippen LogP contribution in [0.5, 0.6) is 0 Å². The predicted octanol–water partition coefficient (Wildman–Crippen LogP) is 1.98. The summed E-state index contributed by atoms with van der Waals surface area (Å²) in [7, 11) is -3.23. The van der Waals surface area contributed by atoms with Crippen LogP contribution in [0.3, 0.4) is 0 Å². The maximum absolute atomic E-state index is 11.2. The Morgan fingerprint density at radius 2 is 2.00 bits per heavy atom. The Morgan fingerprint density at radius 3 is 2.59 bits per heavy atom. The van der Waals surface area contributed by atoms with Gasteiger partial charge in [0.2, 0.25) is 10.0 Å². The van der Waals surface area contributed by atoms with Crippen LogP contribution in [0.25, 0.3) is 0 Å². The number of sulfonamides is 1.